The minimum absolute atomic E-state index is 0.109. The normalized spacial score (nSPS) is 22.2. The Hall–Kier alpha value is -1.81. The van der Waals surface area contributed by atoms with Gasteiger partial charge in [0.15, 0.2) is 0 Å². The molecule has 20 heavy (non-hydrogen) atoms. The largest absolute Gasteiger partial charge is 0.361 e. The first-order valence-corrected chi connectivity index (χ1v) is 7.34. The van der Waals surface area contributed by atoms with Crippen LogP contribution in [0.4, 0.5) is 0 Å². The van der Waals surface area contributed by atoms with Crippen molar-refractivity contribution in [1.82, 2.24) is 10.3 Å². The quantitative estimate of drug-likeness (QED) is 0.797. The fraction of sp³-hybridized carbons (Fsp3) is 0.438. The molecule has 0 saturated heterocycles. The van der Waals surface area contributed by atoms with E-state index in [2.05, 4.69) is 22.4 Å². The van der Waals surface area contributed by atoms with Crippen LogP contribution in [0, 0.1) is 0 Å². The molecular formula is C16H21N3O. The first kappa shape index (κ1) is 13.2. The van der Waals surface area contributed by atoms with E-state index in [9.17, 15) is 4.79 Å². The summed E-state index contributed by atoms with van der Waals surface area (Å²) >= 11 is 0. The lowest BCUT2D eigenvalue weighted by atomic mass is 10.1. The van der Waals surface area contributed by atoms with Crippen LogP contribution in [0.1, 0.15) is 31.2 Å². The number of carbonyl (C=O) groups is 1. The minimum atomic E-state index is 0.109. The summed E-state index contributed by atoms with van der Waals surface area (Å²) in [7, 11) is 0. The summed E-state index contributed by atoms with van der Waals surface area (Å²) in [6, 6.07) is 8.48. The predicted molar refractivity (Wildman–Crippen MR) is 80.4 cm³/mol. The highest BCUT2D eigenvalue weighted by atomic mass is 16.1. The van der Waals surface area contributed by atoms with Crippen molar-refractivity contribution in [1.29, 1.82) is 0 Å². The Morgan fingerprint density at radius 3 is 3.00 bits per heavy atom. The molecule has 4 N–H and O–H groups in total. The maximum Gasteiger partial charge on any atom is 0.220 e. The number of aryl methyl sites for hydroxylation is 1. The fourth-order valence-corrected chi connectivity index (χ4v) is 3.03. The van der Waals surface area contributed by atoms with Crippen molar-refractivity contribution in [2.24, 2.45) is 5.73 Å². The van der Waals surface area contributed by atoms with Crippen molar-refractivity contribution in [3.05, 3.63) is 36.0 Å². The highest BCUT2D eigenvalue weighted by Crippen LogP contribution is 2.20. The monoisotopic (exact) mass is 271 g/mol. The van der Waals surface area contributed by atoms with Crippen molar-refractivity contribution >= 4 is 16.8 Å². The van der Waals surface area contributed by atoms with E-state index in [-0.39, 0.29) is 18.0 Å². The van der Waals surface area contributed by atoms with Gasteiger partial charge in [-0.1, -0.05) is 18.2 Å². The molecule has 4 nitrogen and oxygen atoms in total. The van der Waals surface area contributed by atoms with Crippen LogP contribution in [0.25, 0.3) is 10.9 Å². The second-order valence-electron chi connectivity index (χ2n) is 5.63. The smallest absolute Gasteiger partial charge is 0.220 e. The number of aromatic amines is 1. The van der Waals surface area contributed by atoms with Gasteiger partial charge in [0.05, 0.1) is 0 Å². The van der Waals surface area contributed by atoms with Gasteiger partial charge in [-0.15, -0.1) is 0 Å². The number of nitrogens with one attached hydrogen (secondary N) is 2. The molecule has 2 aromatic rings. The van der Waals surface area contributed by atoms with Gasteiger partial charge in [-0.05, 0) is 37.3 Å². The van der Waals surface area contributed by atoms with Gasteiger partial charge in [0.2, 0.25) is 5.91 Å². The number of H-pyrrole nitrogens is 1. The second kappa shape index (κ2) is 5.67. The Bertz CT molecular complexity index is 605. The maximum absolute atomic E-state index is 12.0. The lowest BCUT2D eigenvalue weighted by molar-refractivity contribution is -0.121. The van der Waals surface area contributed by atoms with Crippen LogP contribution in [-0.2, 0) is 11.2 Å². The third-order valence-electron chi connectivity index (χ3n) is 4.21. The Kier molecular flexibility index (Phi) is 3.74. The van der Waals surface area contributed by atoms with Crippen LogP contribution in [0.2, 0.25) is 0 Å². The summed E-state index contributed by atoms with van der Waals surface area (Å²) < 4.78 is 0. The summed E-state index contributed by atoms with van der Waals surface area (Å²) in [6.45, 7) is 0. The molecule has 1 saturated carbocycles. The Labute approximate surface area is 118 Å². The number of fused-ring (bicyclic) bond motifs is 1. The van der Waals surface area contributed by atoms with E-state index >= 15 is 0 Å². The van der Waals surface area contributed by atoms with Crippen LogP contribution < -0.4 is 11.1 Å². The molecule has 2 atom stereocenters. The van der Waals surface area contributed by atoms with E-state index in [0.29, 0.717) is 6.42 Å². The van der Waals surface area contributed by atoms with E-state index in [0.717, 1.165) is 31.2 Å². The Morgan fingerprint density at radius 1 is 1.35 bits per heavy atom. The number of aromatic nitrogens is 1. The molecule has 4 heteroatoms. The number of carbonyl (C=O) groups excluding carboxylic acids is 1. The van der Waals surface area contributed by atoms with Gasteiger partial charge >= 0.3 is 0 Å². The van der Waals surface area contributed by atoms with Crippen LogP contribution in [-0.4, -0.2) is 23.0 Å². The van der Waals surface area contributed by atoms with Gasteiger partial charge in [0.25, 0.3) is 0 Å². The highest BCUT2D eigenvalue weighted by Gasteiger charge is 2.24. The lowest BCUT2D eigenvalue weighted by Crippen LogP contribution is -2.44. The van der Waals surface area contributed by atoms with Gasteiger partial charge in [0.1, 0.15) is 0 Å². The van der Waals surface area contributed by atoms with Crippen molar-refractivity contribution < 1.29 is 4.79 Å². The summed E-state index contributed by atoms with van der Waals surface area (Å²) in [4.78, 5) is 15.2. The number of amides is 1. The standard InChI is InChI=1S/C16H21N3O/c17-13-5-3-7-15(13)19-16(20)9-8-11-10-18-14-6-2-1-4-12(11)14/h1-2,4,6,10,13,15,18H,3,5,7-9,17H2,(H,19,20). The molecule has 3 rings (SSSR count). The summed E-state index contributed by atoms with van der Waals surface area (Å²) in [5, 5.41) is 4.27. The SMILES string of the molecule is NC1CCCC1NC(=O)CCc1c[nH]c2ccccc12. The first-order chi connectivity index (χ1) is 9.74. The van der Waals surface area contributed by atoms with E-state index in [1.807, 2.05) is 18.3 Å². The topological polar surface area (TPSA) is 70.9 Å². The molecule has 0 radical (unpaired) electrons. The van der Waals surface area contributed by atoms with E-state index in [4.69, 9.17) is 5.73 Å². The van der Waals surface area contributed by atoms with Crippen LogP contribution >= 0.6 is 0 Å². The summed E-state index contributed by atoms with van der Waals surface area (Å²) in [6.07, 6.45) is 6.43. The van der Waals surface area contributed by atoms with Crippen molar-refractivity contribution in [3.63, 3.8) is 0 Å². The third-order valence-corrected chi connectivity index (χ3v) is 4.21. The maximum atomic E-state index is 12.0. The molecule has 1 fully saturated rings. The molecule has 0 spiro atoms. The Morgan fingerprint density at radius 2 is 2.20 bits per heavy atom. The number of rotatable bonds is 4. The Balaban J connectivity index is 1.57. The third kappa shape index (κ3) is 2.70. The van der Waals surface area contributed by atoms with Crippen molar-refractivity contribution in [2.45, 2.75) is 44.2 Å². The number of para-hydroxylation sites is 1. The minimum Gasteiger partial charge on any atom is -0.361 e. The average Bonchev–Trinajstić information content (AvgIpc) is 3.04. The predicted octanol–water partition coefficient (Wildman–Crippen LogP) is 2.10. The number of hydrogen-bond donors (Lipinski definition) is 3. The van der Waals surface area contributed by atoms with Gasteiger partial charge in [0, 0.05) is 35.6 Å². The number of nitrogens with two attached hydrogens (primary N) is 1. The van der Waals surface area contributed by atoms with Gasteiger partial charge in [-0.3, -0.25) is 4.79 Å². The number of hydrogen-bond acceptors (Lipinski definition) is 2. The molecule has 106 valence electrons. The molecule has 1 heterocycles. The molecule has 2 unspecified atom stereocenters. The fourth-order valence-electron chi connectivity index (χ4n) is 3.03. The zero-order chi connectivity index (χ0) is 13.9. The number of benzene rings is 1. The molecule has 1 aliphatic rings. The van der Waals surface area contributed by atoms with Gasteiger partial charge in [-0.25, -0.2) is 0 Å². The molecule has 0 bridgehead atoms. The van der Waals surface area contributed by atoms with Crippen LogP contribution in [0.15, 0.2) is 30.5 Å². The lowest BCUT2D eigenvalue weighted by Gasteiger charge is -2.17. The molecule has 1 amide bonds. The van der Waals surface area contributed by atoms with Crippen molar-refractivity contribution in [3.8, 4) is 0 Å². The zero-order valence-electron chi connectivity index (χ0n) is 11.6. The average molecular weight is 271 g/mol. The summed E-state index contributed by atoms with van der Waals surface area (Å²) in [5.74, 6) is 0.109. The van der Waals surface area contributed by atoms with Gasteiger partial charge in [-0.2, -0.15) is 0 Å². The van der Waals surface area contributed by atoms with Crippen LogP contribution in [0.3, 0.4) is 0 Å². The zero-order valence-corrected chi connectivity index (χ0v) is 11.6. The molecule has 1 aliphatic carbocycles. The van der Waals surface area contributed by atoms with E-state index in [1.54, 1.807) is 0 Å². The highest BCUT2D eigenvalue weighted by molar-refractivity contribution is 5.84. The first-order valence-electron chi connectivity index (χ1n) is 7.34. The molecule has 1 aromatic heterocycles. The van der Waals surface area contributed by atoms with Crippen LogP contribution in [0.5, 0.6) is 0 Å². The van der Waals surface area contributed by atoms with E-state index in [1.165, 1.54) is 10.9 Å². The van der Waals surface area contributed by atoms with Crippen molar-refractivity contribution in [2.75, 3.05) is 0 Å². The molecule has 1 aromatic carbocycles. The molecule has 0 aliphatic heterocycles. The second-order valence-corrected chi connectivity index (χ2v) is 5.63. The molecular weight excluding hydrogens is 250 g/mol. The van der Waals surface area contributed by atoms with Gasteiger partial charge < -0.3 is 16.0 Å². The van der Waals surface area contributed by atoms with E-state index < -0.39 is 0 Å². The summed E-state index contributed by atoms with van der Waals surface area (Å²) in [5.41, 5.74) is 8.30.